The molecule has 2 rings (SSSR count). The molecule has 3 nitrogen and oxygen atoms in total. The van der Waals surface area contributed by atoms with Crippen LogP contribution in [0.3, 0.4) is 0 Å². The number of aromatic nitrogens is 2. The van der Waals surface area contributed by atoms with Gasteiger partial charge in [0, 0.05) is 11.0 Å². The van der Waals surface area contributed by atoms with Crippen molar-refractivity contribution in [3.05, 3.63) is 22.7 Å². The minimum atomic E-state index is 0.620. The lowest BCUT2D eigenvalue weighted by Crippen LogP contribution is -2.03. The lowest BCUT2D eigenvalue weighted by molar-refractivity contribution is 0.595. The first-order valence-electron chi connectivity index (χ1n) is 6.13. The second-order valence-electron chi connectivity index (χ2n) is 4.32. The summed E-state index contributed by atoms with van der Waals surface area (Å²) in [4.78, 5) is 4.38. The highest BCUT2D eigenvalue weighted by molar-refractivity contribution is 9.10. The quantitative estimate of drug-likeness (QED) is 0.849. The molecule has 92 valence electrons. The summed E-state index contributed by atoms with van der Waals surface area (Å²) in [6.45, 7) is 3.18. The van der Waals surface area contributed by atoms with E-state index >= 15 is 0 Å². The van der Waals surface area contributed by atoms with E-state index in [-0.39, 0.29) is 0 Å². The van der Waals surface area contributed by atoms with E-state index in [4.69, 9.17) is 5.73 Å². The molecule has 0 aliphatic carbocycles. The van der Waals surface area contributed by atoms with Crippen molar-refractivity contribution in [1.82, 2.24) is 9.55 Å². The van der Waals surface area contributed by atoms with Gasteiger partial charge in [-0.05, 0) is 24.6 Å². The largest absolute Gasteiger partial charge is 0.369 e. The Morgan fingerprint density at radius 2 is 2.12 bits per heavy atom. The first-order chi connectivity index (χ1) is 8.22. The summed E-state index contributed by atoms with van der Waals surface area (Å²) in [6.07, 6.45) is 4.97. The van der Waals surface area contributed by atoms with E-state index in [1.54, 1.807) is 0 Å². The standard InChI is InChI=1S/C13H18BrN3/c1-2-3-4-5-8-17-12-7-6-10(14)9-11(12)16-13(17)15/h6-7,9H,2-5,8H2,1H3,(H2,15,16). The fraction of sp³-hybridized carbons (Fsp3) is 0.462. The van der Waals surface area contributed by atoms with Gasteiger partial charge in [0.25, 0.3) is 0 Å². The number of anilines is 1. The van der Waals surface area contributed by atoms with E-state index in [0.29, 0.717) is 5.95 Å². The Bertz CT molecular complexity index is 505. The van der Waals surface area contributed by atoms with Gasteiger partial charge in [-0.15, -0.1) is 0 Å². The molecule has 0 atom stereocenters. The van der Waals surface area contributed by atoms with Gasteiger partial charge in [-0.25, -0.2) is 4.98 Å². The first kappa shape index (κ1) is 12.4. The Hall–Kier alpha value is -1.03. The van der Waals surface area contributed by atoms with Crippen LogP contribution in [-0.2, 0) is 6.54 Å². The molecule has 0 aliphatic heterocycles. The second-order valence-corrected chi connectivity index (χ2v) is 5.23. The summed E-state index contributed by atoms with van der Waals surface area (Å²) < 4.78 is 3.15. The number of fused-ring (bicyclic) bond motifs is 1. The van der Waals surface area contributed by atoms with Crippen LogP contribution in [0.4, 0.5) is 5.95 Å². The molecule has 0 bridgehead atoms. The summed E-state index contributed by atoms with van der Waals surface area (Å²) >= 11 is 3.45. The minimum absolute atomic E-state index is 0.620. The normalized spacial score (nSPS) is 11.2. The minimum Gasteiger partial charge on any atom is -0.369 e. The summed E-state index contributed by atoms with van der Waals surface area (Å²) in [5, 5.41) is 0. The zero-order valence-corrected chi connectivity index (χ0v) is 11.7. The Morgan fingerprint density at radius 3 is 2.88 bits per heavy atom. The number of benzene rings is 1. The number of nitrogens with two attached hydrogens (primary N) is 1. The molecule has 0 unspecified atom stereocenters. The maximum absolute atomic E-state index is 5.95. The molecule has 0 saturated heterocycles. The highest BCUT2D eigenvalue weighted by Gasteiger charge is 2.07. The third kappa shape index (κ3) is 2.80. The lowest BCUT2D eigenvalue weighted by atomic mass is 10.2. The van der Waals surface area contributed by atoms with Gasteiger partial charge in [-0.1, -0.05) is 42.1 Å². The third-order valence-corrected chi connectivity index (χ3v) is 3.47. The molecule has 0 radical (unpaired) electrons. The number of aryl methyl sites for hydroxylation is 1. The highest BCUT2D eigenvalue weighted by atomic mass is 79.9. The molecular weight excluding hydrogens is 278 g/mol. The average molecular weight is 296 g/mol. The van der Waals surface area contributed by atoms with Crippen molar-refractivity contribution >= 4 is 32.9 Å². The van der Waals surface area contributed by atoms with E-state index < -0.39 is 0 Å². The number of rotatable bonds is 5. The van der Waals surface area contributed by atoms with Crippen LogP contribution in [0, 0.1) is 0 Å². The SMILES string of the molecule is CCCCCCn1c(N)nc2cc(Br)ccc21. The van der Waals surface area contributed by atoms with Gasteiger partial charge in [0.2, 0.25) is 5.95 Å². The smallest absolute Gasteiger partial charge is 0.201 e. The summed E-state index contributed by atoms with van der Waals surface area (Å²) in [7, 11) is 0. The van der Waals surface area contributed by atoms with Crippen molar-refractivity contribution in [2.24, 2.45) is 0 Å². The topological polar surface area (TPSA) is 43.8 Å². The molecule has 1 aromatic heterocycles. The zero-order valence-electron chi connectivity index (χ0n) is 10.1. The fourth-order valence-corrected chi connectivity index (χ4v) is 2.40. The van der Waals surface area contributed by atoms with Gasteiger partial charge in [-0.3, -0.25) is 0 Å². The average Bonchev–Trinajstić information content (AvgIpc) is 2.60. The van der Waals surface area contributed by atoms with Crippen LogP contribution in [0.2, 0.25) is 0 Å². The fourth-order valence-electron chi connectivity index (χ4n) is 2.05. The number of hydrogen-bond acceptors (Lipinski definition) is 2. The number of halogens is 1. The van der Waals surface area contributed by atoms with Crippen molar-refractivity contribution in [2.45, 2.75) is 39.2 Å². The van der Waals surface area contributed by atoms with Crippen LogP contribution in [0.5, 0.6) is 0 Å². The van der Waals surface area contributed by atoms with E-state index in [9.17, 15) is 0 Å². The van der Waals surface area contributed by atoms with Crippen LogP contribution in [-0.4, -0.2) is 9.55 Å². The van der Waals surface area contributed by atoms with Crippen molar-refractivity contribution in [2.75, 3.05) is 5.73 Å². The van der Waals surface area contributed by atoms with Crippen LogP contribution < -0.4 is 5.73 Å². The van der Waals surface area contributed by atoms with E-state index in [1.807, 2.05) is 12.1 Å². The van der Waals surface area contributed by atoms with Crippen molar-refractivity contribution in [1.29, 1.82) is 0 Å². The maximum atomic E-state index is 5.95. The molecule has 0 spiro atoms. The predicted molar refractivity (Wildman–Crippen MR) is 76.0 cm³/mol. The van der Waals surface area contributed by atoms with E-state index in [1.165, 1.54) is 25.7 Å². The molecule has 2 N–H and O–H groups in total. The molecule has 17 heavy (non-hydrogen) atoms. The van der Waals surface area contributed by atoms with Gasteiger partial charge < -0.3 is 10.3 Å². The molecule has 0 aliphatic rings. The van der Waals surface area contributed by atoms with Crippen LogP contribution >= 0.6 is 15.9 Å². The van der Waals surface area contributed by atoms with Crippen LogP contribution in [0.15, 0.2) is 22.7 Å². The number of nitrogens with zero attached hydrogens (tertiary/aromatic N) is 2. The lowest BCUT2D eigenvalue weighted by Gasteiger charge is -2.05. The summed E-state index contributed by atoms with van der Waals surface area (Å²) in [5.74, 6) is 0.620. The van der Waals surface area contributed by atoms with Crippen molar-refractivity contribution in [3.63, 3.8) is 0 Å². The Morgan fingerprint density at radius 1 is 1.29 bits per heavy atom. The molecule has 2 aromatic rings. The van der Waals surface area contributed by atoms with Gasteiger partial charge in [0.05, 0.1) is 11.0 Å². The van der Waals surface area contributed by atoms with Gasteiger partial charge >= 0.3 is 0 Å². The molecule has 0 amide bonds. The highest BCUT2D eigenvalue weighted by Crippen LogP contribution is 2.22. The van der Waals surface area contributed by atoms with Gasteiger partial charge in [0.1, 0.15) is 0 Å². The van der Waals surface area contributed by atoms with E-state index in [0.717, 1.165) is 22.1 Å². The van der Waals surface area contributed by atoms with Gasteiger partial charge in [0.15, 0.2) is 0 Å². The monoisotopic (exact) mass is 295 g/mol. The summed E-state index contributed by atoms with van der Waals surface area (Å²) in [5.41, 5.74) is 8.05. The third-order valence-electron chi connectivity index (χ3n) is 2.98. The Kier molecular flexibility index (Phi) is 4.05. The molecule has 0 saturated carbocycles. The maximum Gasteiger partial charge on any atom is 0.201 e. The number of unbranched alkanes of at least 4 members (excludes halogenated alkanes) is 3. The summed E-state index contributed by atoms with van der Waals surface area (Å²) in [6, 6.07) is 6.11. The Labute approximate surface area is 110 Å². The van der Waals surface area contributed by atoms with Gasteiger partial charge in [-0.2, -0.15) is 0 Å². The second kappa shape index (κ2) is 5.54. The number of nitrogen functional groups attached to an aromatic ring is 1. The zero-order chi connectivity index (χ0) is 12.3. The predicted octanol–water partition coefficient (Wildman–Crippen LogP) is 3.96. The molecule has 1 aromatic carbocycles. The van der Waals surface area contributed by atoms with Crippen LogP contribution in [0.1, 0.15) is 32.6 Å². The van der Waals surface area contributed by atoms with Crippen molar-refractivity contribution in [3.8, 4) is 0 Å². The molecule has 1 heterocycles. The number of hydrogen-bond donors (Lipinski definition) is 1. The molecular formula is C13H18BrN3. The molecule has 4 heteroatoms. The first-order valence-corrected chi connectivity index (χ1v) is 6.93. The molecule has 0 fully saturated rings. The number of imidazole rings is 1. The van der Waals surface area contributed by atoms with Crippen molar-refractivity contribution < 1.29 is 0 Å². The van der Waals surface area contributed by atoms with Crippen LogP contribution in [0.25, 0.3) is 11.0 Å². The van der Waals surface area contributed by atoms with E-state index in [2.05, 4.69) is 38.5 Å². The Balaban J connectivity index is 2.18.